The Balaban J connectivity index is 2.24. The molecule has 8 nitrogen and oxygen atoms in total. The highest BCUT2D eigenvalue weighted by Gasteiger charge is 2.32. The summed E-state index contributed by atoms with van der Waals surface area (Å²) in [5.41, 5.74) is 1.55. The van der Waals surface area contributed by atoms with E-state index in [9.17, 15) is 14.4 Å². The monoisotopic (exact) mass is 455 g/mol. The molecule has 0 heterocycles. The van der Waals surface area contributed by atoms with Gasteiger partial charge in [-0.15, -0.1) is 0 Å². The van der Waals surface area contributed by atoms with Gasteiger partial charge in [-0.2, -0.15) is 0 Å². The molecule has 0 fully saturated rings. The minimum atomic E-state index is -0.914. The zero-order chi connectivity index (χ0) is 24.8. The molecule has 2 unspecified atom stereocenters. The number of benzene rings is 2. The van der Waals surface area contributed by atoms with Crippen LogP contribution in [0.2, 0.25) is 0 Å². The van der Waals surface area contributed by atoms with Crippen LogP contribution in [0.15, 0.2) is 48.5 Å². The largest absolute Gasteiger partial charge is 0.497 e. The summed E-state index contributed by atoms with van der Waals surface area (Å²) in [6.45, 7) is 8.71. The Morgan fingerprint density at radius 2 is 1.55 bits per heavy atom. The molecule has 0 aliphatic rings. The summed E-state index contributed by atoms with van der Waals surface area (Å²) in [5, 5.41) is 5.39. The van der Waals surface area contributed by atoms with Crippen molar-refractivity contribution in [3.05, 3.63) is 59.7 Å². The van der Waals surface area contributed by atoms with E-state index < -0.39 is 29.7 Å². The first-order chi connectivity index (χ1) is 15.4. The van der Waals surface area contributed by atoms with Crippen LogP contribution in [-0.4, -0.2) is 48.6 Å². The molecule has 2 N–H and O–H groups in total. The minimum Gasteiger partial charge on any atom is -0.497 e. The van der Waals surface area contributed by atoms with Crippen molar-refractivity contribution in [1.29, 1.82) is 0 Å². The Kier molecular flexibility index (Phi) is 8.45. The molecule has 3 amide bonds. The van der Waals surface area contributed by atoms with Crippen LogP contribution in [-0.2, 0) is 14.3 Å². The number of carbonyl (C=O) groups excluding carboxylic acids is 3. The highest BCUT2D eigenvalue weighted by Crippen LogP contribution is 2.24. The zero-order valence-electron chi connectivity index (χ0n) is 20.3. The molecule has 0 aliphatic carbocycles. The van der Waals surface area contributed by atoms with Crippen molar-refractivity contribution >= 4 is 23.6 Å². The smallest absolute Gasteiger partial charge is 0.408 e. The van der Waals surface area contributed by atoms with Gasteiger partial charge in [-0.05, 0) is 64.4 Å². The second-order valence-corrected chi connectivity index (χ2v) is 8.85. The number of nitrogens with one attached hydrogen (secondary N) is 2. The summed E-state index contributed by atoms with van der Waals surface area (Å²) < 4.78 is 10.4. The number of amides is 3. The zero-order valence-corrected chi connectivity index (χ0v) is 20.3. The minimum absolute atomic E-state index is 0.385. The van der Waals surface area contributed by atoms with Crippen molar-refractivity contribution in [2.75, 3.05) is 19.5 Å². The number of aryl methyl sites for hydroxylation is 1. The van der Waals surface area contributed by atoms with Gasteiger partial charge in [0.25, 0.3) is 5.91 Å². The van der Waals surface area contributed by atoms with Gasteiger partial charge in [0.15, 0.2) is 0 Å². The molecule has 8 heteroatoms. The van der Waals surface area contributed by atoms with Crippen LogP contribution in [0.25, 0.3) is 0 Å². The number of hydrogen-bond donors (Lipinski definition) is 2. The first kappa shape index (κ1) is 25.7. The molecule has 0 spiro atoms. The predicted octanol–water partition coefficient (Wildman–Crippen LogP) is 4.06. The van der Waals surface area contributed by atoms with Gasteiger partial charge in [0.05, 0.1) is 7.11 Å². The van der Waals surface area contributed by atoms with Crippen molar-refractivity contribution in [2.24, 2.45) is 0 Å². The van der Waals surface area contributed by atoms with Crippen LogP contribution in [0.3, 0.4) is 0 Å². The third kappa shape index (κ3) is 7.52. The summed E-state index contributed by atoms with van der Waals surface area (Å²) in [7, 11) is 3.10. The van der Waals surface area contributed by atoms with Gasteiger partial charge in [0.2, 0.25) is 5.91 Å². The van der Waals surface area contributed by atoms with E-state index in [1.165, 1.54) is 11.9 Å². The molecule has 33 heavy (non-hydrogen) atoms. The van der Waals surface area contributed by atoms with E-state index in [0.29, 0.717) is 17.0 Å². The summed E-state index contributed by atoms with van der Waals surface area (Å²) in [6.07, 6.45) is -0.702. The number of alkyl carbamates (subject to hydrolysis) is 1. The van der Waals surface area contributed by atoms with Crippen LogP contribution >= 0.6 is 0 Å². The van der Waals surface area contributed by atoms with E-state index in [1.807, 2.05) is 31.2 Å². The molecule has 2 aromatic rings. The molecule has 0 aliphatic heterocycles. The van der Waals surface area contributed by atoms with Gasteiger partial charge in [-0.1, -0.05) is 29.8 Å². The summed E-state index contributed by atoms with van der Waals surface area (Å²) in [6, 6.07) is 12.5. The maximum atomic E-state index is 13.3. The fourth-order valence-electron chi connectivity index (χ4n) is 3.16. The predicted molar refractivity (Wildman–Crippen MR) is 127 cm³/mol. The molecule has 0 saturated heterocycles. The maximum Gasteiger partial charge on any atom is 0.408 e. The average Bonchev–Trinajstić information content (AvgIpc) is 2.73. The first-order valence-corrected chi connectivity index (χ1v) is 10.7. The molecule has 178 valence electrons. The average molecular weight is 456 g/mol. The third-order valence-electron chi connectivity index (χ3n) is 4.84. The highest BCUT2D eigenvalue weighted by atomic mass is 16.6. The SMILES string of the molecule is COc1ccc(NC(=O)C(c2ccc(C)cc2)N(C)C(=O)C(C)NC(=O)OC(C)(C)C)cc1. The fraction of sp³-hybridized carbons (Fsp3) is 0.400. The van der Waals surface area contributed by atoms with Gasteiger partial charge in [0, 0.05) is 12.7 Å². The van der Waals surface area contributed by atoms with Crippen LogP contribution in [0.4, 0.5) is 10.5 Å². The standard InChI is InChI=1S/C25H33N3O5/c1-16-8-10-18(11-9-16)21(22(29)27-19-12-14-20(32-7)15-13-19)28(6)23(30)17(2)26-24(31)33-25(3,4)5/h8-15,17,21H,1-7H3,(H,26,31)(H,27,29). The Morgan fingerprint density at radius 1 is 0.970 bits per heavy atom. The van der Waals surface area contributed by atoms with Gasteiger partial charge in [-0.25, -0.2) is 4.79 Å². The number of rotatable bonds is 7. The quantitative estimate of drug-likeness (QED) is 0.656. The van der Waals surface area contributed by atoms with Crippen molar-refractivity contribution in [3.8, 4) is 5.75 Å². The Bertz CT molecular complexity index is 965. The lowest BCUT2D eigenvalue weighted by atomic mass is 10.0. The number of carbonyl (C=O) groups is 3. The molecule has 2 rings (SSSR count). The Morgan fingerprint density at radius 3 is 2.06 bits per heavy atom. The van der Waals surface area contributed by atoms with Crippen molar-refractivity contribution in [3.63, 3.8) is 0 Å². The summed E-state index contributed by atoms with van der Waals surface area (Å²) >= 11 is 0. The van der Waals surface area contributed by atoms with Crippen LogP contribution in [0.5, 0.6) is 5.75 Å². The van der Waals surface area contributed by atoms with Crippen molar-refractivity contribution < 1.29 is 23.9 Å². The fourth-order valence-corrected chi connectivity index (χ4v) is 3.16. The number of hydrogen-bond acceptors (Lipinski definition) is 5. The molecular formula is C25H33N3O5. The molecular weight excluding hydrogens is 422 g/mol. The summed E-state index contributed by atoms with van der Waals surface area (Å²) in [5.74, 6) is -0.155. The highest BCUT2D eigenvalue weighted by molar-refractivity contribution is 5.98. The Hall–Kier alpha value is -3.55. The van der Waals surface area contributed by atoms with Gasteiger partial charge >= 0.3 is 6.09 Å². The molecule has 2 atom stereocenters. The summed E-state index contributed by atoms with van der Waals surface area (Å²) in [4.78, 5) is 39.8. The van der Waals surface area contributed by atoms with Gasteiger partial charge in [0.1, 0.15) is 23.4 Å². The van der Waals surface area contributed by atoms with Gasteiger partial charge < -0.3 is 25.0 Å². The topological polar surface area (TPSA) is 97.0 Å². The number of anilines is 1. The normalized spacial score (nSPS) is 12.8. The van der Waals surface area contributed by atoms with Crippen molar-refractivity contribution in [2.45, 2.75) is 52.3 Å². The lowest BCUT2D eigenvalue weighted by Gasteiger charge is -2.30. The van der Waals surface area contributed by atoms with E-state index in [2.05, 4.69) is 10.6 Å². The second-order valence-electron chi connectivity index (χ2n) is 8.85. The van der Waals surface area contributed by atoms with E-state index >= 15 is 0 Å². The number of ether oxygens (including phenoxy) is 2. The van der Waals surface area contributed by atoms with Crippen LogP contribution in [0, 0.1) is 6.92 Å². The number of methoxy groups -OCH3 is 1. The third-order valence-corrected chi connectivity index (χ3v) is 4.84. The van der Waals surface area contributed by atoms with Crippen LogP contribution < -0.4 is 15.4 Å². The molecule has 0 radical (unpaired) electrons. The molecule has 0 saturated carbocycles. The van der Waals surface area contributed by atoms with Crippen molar-refractivity contribution in [1.82, 2.24) is 10.2 Å². The first-order valence-electron chi connectivity index (χ1n) is 10.7. The second kappa shape index (κ2) is 10.8. The van der Waals surface area contributed by atoms with Gasteiger partial charge in [-0.3, -0.25) is 9.59 Å². The maximum absolute atomic E-state index is 13.3. The molecule has 0 aromatic heterocycles. The van der Waals surface area contributed by atoms with E-state index in [1.54, 1.807) is 59.1 Å². The number of likely N-dealkylation sites (N-methyl/N-ethyl adjacent to an activating group) is 1. The van der Waals surface area contributed by atoms with E-state index in [-0.39, 0.29) is 5.91 Å². The van der Waals surface area contributed by atoms with E-state index in [0.717, 1.165) is 5.56 Å². The van der Waals surface area contributed by atoms with E-state index in [4.69, 9.17) is 9.47 Å². The molecule has 0 bridgehead atoms. The lowest BCUT2D eigenvalue weighted by Crippen LogP contribution is -2.49. The molecule has 2 aromatic carbocycles. The lowest BCUT2D eigenvalue weighted by molar-refractivity contribution is -0.138. The Labute approximate surface area is 195 Å². The number of nitrogens with zero attached hydrogens (tertiary/aromatic N) is 1. The van der Waals surface area contributed by atoms with Crippen LogP contribution in [0.1, 0.15) is 44.9 Å².